The number of hydrogen-bond acceptors (Lipinski definition) is 2. The highest BCUT2D eigenvalue weighted by molar-refractivity contribution is 7.99. The lowest BCUT2D eigenvalue weighted by molar-refractivity contribution is 0.0968. The van der Waals surface area contributed by atoms with Crippen molar-refractivity contribution in [3.63, 3.8) is 0 Å². The van der Waals surface area contributed by atoms with Crippen LogP contribution in [0, 0.1) is 13.8 Å². The Kier molecular flexibility index (Phi) is 3.19. The van der Waals surface area contributed by atoms with Crippen LogP contribution in [-0.2, 0) is 0 Å². The summed E-state index contributed by atoms with van der Waals surface area (Å²) >= 11 is 1.79. The number of hydrogen-bond donors (Lipinski definition) is 0. The summed E-state index contributed by atoms with van der Waals surface area (Å²) in [6.45, 7) is 4.13. The van der Waals surface area contributed by atoms with Gasteiger partial charge in [0.2, 0.25) is 0 Å². The molecule has 1 unspecified atom stereocenters. The average molecular weight is 268 g/mol. The highest BCUT2D eigenvalue weighted by Crippen LogP contribution is 2.40. The molecule has 1 atom stereocenters. The standard InChI is InChI=1S/C17H16OS/c1-11-7-8-13(9-12(11)2)17(18)15-10-19-16-6-4-3-5-14(15)16/h3-9,15H,10H2,1-2H3. The Balaban J connectivity index is 1.95. The number of thioether (sulfide) groups is 1. The van der Waals surface area contributed by atoms with Crippen LogP contribution in [0.5, 0.6) is 0 Å². The van der Waals surface area contributed by atoms with Crippen molar-refractivity contribution in [2.45, 2.75) is 24.7 Å². The van der Waals surface area contributed by atoms with E-state index in [0.29, 0.717) is 0 Å². The number of carbonyl (C=O) groups is 1. The Morgan fingerprint density at radius 3 is 2.68 bits per heavy atom. The molecule has 0 spiro atoms. The summed E-state index contributed by atoms with van der Waals surface area (Å²) in [6.07, 6.45) is 0. The molecule has 0 saturated heterocycles. The highest BCUT2D eigenvalue weighted by Gasteiger charge is 2.29. The highest BCUT2D eigenvalue weighted by atomic mass is 32.2. The molecule has 0 radical (unpaired) electrons. The third-order valence-electron chi connectivity index (χ3n) is 3.81. The van der Waals surface area contributed by atoms with E-state index in [1.165, 1.54) is 21.6 Å². The maximum Gasteiger partial charge on any atom is 0.171 e. The van der Waals surface area contributed by atoms with Gasteiger partial charge in [0.25, 0.3) is 0 Å². The molecule has 0 bridgehead atoms. The van der Waals surface area contributed by atoms with E-state index >= 15 is 0 Å². The first-order chi connectivity index (χ1) is 9.16. The number of ketones is 1. The van der Waals surface area contributed by atoms with E-state index in [1.807, 2.05) is 30.3 Å². The molecular formula is C17H16OS. The second-order valence-electron chi connectivity index (χ2n) is 5.06. The van der Waals surface area contributed by atoms with Gasteiger partial charge in [-0.1, -0.05) is 30.3 Å². The van der Waals surface area contributed by atoms with Gasteiger partial charge in [-0.25, -0.2) is 0 Å². The largest absolute Gasteiger partial charge is 0.293 e. The third kappa shape index (κ3) is 2.21. The van der Waals surface area contributed by atoms with Crippen molar-refractivity contribution >= 4 is 17.5 Å². The Morgan fingerprint density at radius 1 is 1.11 bits per heavy atom. The second kappa shape index (κ2) is 4.86. The van der Waals surface area contributed by atoms with Gasteiger partial charge < -0.3 is 0 Å². The lowest BCUT2D eigenvalue weighted by Crippen LogP contribution is -2.12. The molecule has 96 valence electrons. The molecule has 0 aromatic heterocycles. The molecule has 19 heavy (non-hydrogen) atoms. The van der Waals surface area contributed by atoms with E-state index in [9.17, 15) is 4.79 Å². The van der Waals surface area contributed by atoms with Crippen molar-refractivity contribution in [1.29, 1.82) is 0 Å². The van der Waals surface area contributed by atoms with Gasteiger partial charge in [0, 0.05) is 16.2 Å². The SMILES string of the molecule is Cc1ccc(C(=O)C2CSc3ccccc32)cc1C. The fourth-order valence-corrected chi connectivity index (χ4v) is 3.70. The Labute approximate surface area is 118 Å². The van der Waals surface area contributed by atoms with Gasteiger partial charge in [-0.15, -0.1) is 11.8 Å². The average Bonchev–Trinajstić information content (AvgIpc) is 2.85. The maximum atomic E-state index is 12.7. The lowest BCUT2D eigenvalue weighted by atomic mass is 9.91. The number of rotatable bonds is 2. The summed E-state index contributed by atoms with van der Waals surface area (Å²) in [6, 6.07) is 14.3. The van der Waals surface area contributed by atoms with Crippen LogP contribution in [-0.4, -0.2) is 11.5 Å². The van der Waals surface area contributed by atoms with Crippen molar-refractivity contribution in [3.05, 3.63) is 64.7 Å². The van der Waals surface area contributed by atoms with E-state index in [0.717, 1.165) is 11.3 Å². The first-order valence-electron chi connectivity index (χ1n) is 6.50. The summed E-state index contributed by atoms with van der Waals surface area (Å²) in [7, 11) is 0. The maximum absolute atomic E-state index is 12.7. The monoisotopic (exact) mass is 268 g/mol. The van der Waals surface area contributed by atoms with Crippen LogP contribution in [0.3, 0.4) is 0 Å². The minimum Gasteiger partial charge on any atom is -0.293 e. The van der Waals surface area contributed by atoms with Crippen LogP contribution in [0.1, 0.15) is 33.0 Å². The van der Waals surface area contributed by atoms with E-state index < -0.39 is 0 Å². The fourth-order valence-electron chi connectivity index (χ4n) is 2.48. The molecule has 1 aliphatic rings. The minimum atomic E-state index is 0.0170. The summed E-state index contributed by atoms with van der Waals surface area (Å²) in [4.78, 5) is 13.9. The van der Waals surface area contributed by atoms with Gasteiger partial charge in [-0.2, -0.15) is 0 Å². The van der Waals surface area contributed by atoms with Crippen LogP contribution in [0.15, 0.2) is 47.4 Å². The summed E-state index contributed by atoms with van der Waals surface area (Å²) < 4.78 is 0. The van der Waals surface area contributed by atoms with Gasteiger partial charge in [0.05, 0.1) is 5.92 Å². The smallest absolute Gasteiger partial charge is 0.171 e. The van der Waals surface area contributed by atoms with Crippen LogP contribution in [0.2, 0.25) is 0 Å². The van der Waals surface area contributed by atoms with Gasteiger partial charge in [0.15, 0.2) is 5.78 Å². The molecule has 0 saturated carbocycles. The zero-order valence-electron chi connectivity index (χ0n) is 11.1. The van der Waals surface area contributed by atoms with Crippen molar-refractivity contribution in [2.24, 2.45) is 0 Å². The number of Topliss-reactive ketones (excluding diaryl/α,β-unsaturated/α-hetero) is 1. The first kappa shape index (κ1) is 12.5. The topological polar surface area (TPSA) is 17.1 Å². The quantitative estimate of drug-likeness (QED) is 0.752. The molecule has 0 fully saturated rings. The van der Waals surface area contributed by atoms with E-state index in [2.05, 4.69) is 26.0 Å². The van der Waals surface area contributed by atoms with Crippen LogP contribution in [0.25, 0.3) is 0 Å². The number of fused-ring (bicyclic) bond motifs is 1. The molecule has 3 rings (SSSR count). The number of aryl methyl sites for hydroxylation is 2. The summed E-state index contributed by atoms with van der Waals surface area (Å²) in [5.41, 5.74) is 4.45. The van der Waals surface area contributed by atoms with Gasteiger partial charge >= 0.3 is 0 Å². The normalized spacial score (nSPS) is 17.3. The predicted octanol–water partition coefficient (Wildman–Crippen LogP) is 4.38. The van der Waals surface area contributed by atoms with Crippen LogP contribution >= 0.6 is 11.8 Å². The summed E-state index contributed by atoms with van der Waals surface area (Å²) in [5, 5.41) is 0. The first-order valence-corrected chi connectivity index (χ1v) is 7.48. The lowest BCUT2D eigenvalue weighted by Gasteiger charge is -2.11. The van der Waals surface area contributed by atoms with Crippen LogP contribution < -0.4 is 0 Å². The van der Waals surface area contributed by atoms with E-state index in [-0.39, 0.29) is 11.7 Å². The molecule has 2 aromatic rings. The molecule has 1 heterocycles. The molecular weight excluding hydrogens is 252 g/mol. The van der Waals surface area contributed by atoms with Gasteiger partial charge in [-0.3, -0.25) is 4.79 Å². The Bertz CT molecular complexity index is 645. The molecule has 0 N–H and O–H groups in total. The Morgan fingerprint density at radius 2 is 1.89 bits per heavy atom. The number of carbonyl (C=O) groups excluding carboxylic acids is 1. The summed E-state index contributed by atoms with van der Waals surface area (Å²) in [5.74, 6) is 1.13. The molecule has 0 amide bonds. The van der Waals surface area contributed by atoms with Gasteiger partial charge in [-0.05, 0) is 42.7 Å². The van der Waals surface area contributed by atoms with Crippen molar-refractivity contribution in [1.82, 2.24) is 0 Å². The van der Waals surface area contributed by atoms with Crippen molar-refractivity contribution < 1.29 is 4.79 Å². The van der Waals surface area contributed by atoms with Crippen molar-refractivity contribution in [2.75, 3.05) is 5.75 Å². The molecule has 2 aromatic carbocycles. The Hall–Kier alpha value is -1.54. The predicted molar refractivity (Wildman–Crippen MR) is 80.2 cm³/mol. The fraction of sp³-hybridized carbons (Fsp3) is 0.235. The molecule has 1 nitrogen and oxygen atoms in total. The molecule has 0 aliphatic carbocycles. The number of benzene rings is 2. The van der Waals surface area contributed by atoms with E-state index in [4.69, 9.17) is 0 Å². The molecule has 2 heteroatoms. The molecule has 1 aliphatic heterocycles. The zero-order chi connectivity index (χ0) is 13.4. The van der Waals surface area contributed by atoms with Gasteiger partial charge in [0.1, 0.15) is 0 Å². The van der Waals surface area contributed by atoms with Crippen LogP contribution in [0.4, 0.5) is 0 Å². The zero-order valence-corrected chi connectivity index (χ0v) is 12.0. The minimum absolute atomic E-state index is 0.0170. The van der Waals surface area contributed by atoms with Crippen molar-refractivity contribution in [3.8, 4) is 0 Å². The van der Waals surface area contributed by atoms with E-state index in [1.54, 1.807) is 11.8 Å². The third-order valence-corrected chi connectivity index (χ3v) is 4.99. The second-order valence-corrected chi connectivity index (χ2v) is 6.13.